The van der Waals surface area contributed by atoms with E-state index in [2.05, 4.69) is 51.0 Å². The topological polar surface area (TPSA) is 63.6 Å². The fraction of sp³-hybridized carbons (Fsp3) is 1.00. The Labute approximate surface area is 129 Å². The SMILES string of the molecule is CCC1C2[C@H](O)OC([C@H]3N[C@@H]3CO[Si](C)(C)C(C)(C)C)[N@]12. The summed E-state index contributed by atoms with van der Waals surface area (Å²) < 4.78 is 12.0. The molecule has 7 atom stereocenters. The lowest BCUT2D eigenvalue weighted by Crippen LogP contribution is -2.42. The van der Waals surface area contributed by atoms with E-state index in [-0.39, 0.29) is 17.3 Å². The Balaban J connectivity index is 1.50. The minimum Gasteiger partial charge on any atom is -0.415 e. The van der Waals surface area contributed by atoms with Gasteiger partial charge in [0, 0.05) is 12.1 Å². The molecule has 0 amide bonds. The van der Waals surface area contributed by atoms with Crippen molar-refractivity contribution in [2.24, 2.45) is 0 Å². The summed E-state index contributed by atoms with van der Waals surface area (Å²) in [6.45, 7) is 14.3. The van der Waals surface area contributed by atoms with Gasteiger partial charge in [0.25, 0.3) is 0 Å². The van der Waals surface area contributed by atoms with E-state index in [0.29, 0.717) is 18.1 Å². The standard InChI is InChI=1S/C15H30N2O3Si/c1-7-10-12-14(18)20-13(17(10)12)11-9(16-11)8-19-21(5,6)15(2,3)4/h9-14,16,18H,7-8H2,1-6H3/t9-,10?,11+,12?,13?,14-,17-/m1/s1. The Hall–Kier alpha value is 0.0169. The van der Waals surface area contributed by atoms with Gasteiger partial charge in [-0.1, -0.05) is 27.7 Å². The van der Waals surface area contributed by atoms with Crippen LogP contribution in [-0.4, -0.2) is 61.6 Å². The molecule has 3 heterocycles. The van der Waals surface area contributed by atoms with Gasteiger partial charge in [-0.25, -0.2) is 0 Å². The second-order valence-corrected chi connectivity index (χ2v) is 13.0. The van der Waals surface area contributed by atoms with Crippen molar-refractivity contribution < 1.29 is 14.3 Å². The Morgan fingerprint density at radius 3 is 2.52 bits per heavy atom. The molecule has 3 rings (SSSR count). The van der Waals surface area contributed by atoms with Gasteiger partial charge in [-0.2, -0.15) is 0 Å². The summed E-state index contributed by atoms with van der Waals surface area (Å²) in [6, 6.07) is 1.41. The molecule has 0 radical (unpaired) electrons. The summed E-state index contributed by atoms with van der Waals surface area (Å²) in [4.78, 5) is 2.31. The van der Waals surface area contributed by atoms with Crippen LogP contribution in [0.25, 0.3) is 0 Å². The van der Waals surface area contributed by atoms with Crippen LogP contribution in [-0.2, 0) is 9.16 Å². The summed E-state index contributed by atoms with van der Waals surface area (Å²) in [5, 5.41) is 13.6. The molecule has 0 aromatic carbocycles. The summed E-state index contributed by atoms with van der Waals surface area (Å²) >= 11 is 0. The van der Waals surface area contributed by atoms with E-state index in [1.54, 1.807) is 0 Å². The molecule has 0 saturated carbocycles. The minimum atomic E-state index is -1.68. The number of aliphatic hydroxyl groups excluding tert-OH is 1. The molecule has 0 aromatic rings. The van der Waals surface area contributed by atoms with E-state index >= 15 is 0 Å². The van der Waals surface area contributed by atoms with Crippen molar-refractivity contribution in [1.29, 1.82) is 0 Å². The number of hydrogen-bond acceptors (Lipinski definition) is 5. The van der Waals surface area contributed by atoms with Crippen LogP contribution in [0, 0.1) is 0 Å². The van der Waals surface area contributed by atoms with E-state index in [1.165, 1.54) is 0 Å². The van der Waals surface area contributed by atoms with Crippen molar-refractivity contribution >= 4 is 8.32 Å². The third-order valence-electron chi connectivity index (χ3n) is 5.78. The number of nitrogens with zero attached hydrogens (tertiary/aromatic N) is 1. The lowest BCUT2D eigenvalue weighted by molar-refractivity contribution is -0.118. The molecule has 0 aromatic heterocycles. The smallest absolute Gasteiger partial charge is 0.192 e. The Kier molecular flexibility index (Phi) is 3.79. The number of nitrogens with one attached hydrogen (secondary N) is 1. The first kappa shape index (κ1) is 15.9. The number of ether oxygens (including phenoxy) is 1. The second kappa shape index (κ2) is 5.01. The molecular weight excluding hydrogens is 284 g/mol. The lowest BCUT2D eigenvalue weighted by atomic mass is 10.2. The molecule has 2 N–H and O–H groups in total. The number of rotatable bonds is 5. The highest BCUT2D eigenvalue weighted by Gasteiger charge is 2.65. The van der Waals surface area contributed by atoms with E-state index in [4.69, 9.17) is 9.16 Å². The molecule has 0 aliphatic carbocycles. The predicted molar refractivity (Wildman–Crippen MR) is 84.4 cm³/mol. The van der Waals surface area contributed by atoms with Crippen LogP contribution in [0.5, 0.6) is 0 Å². The molecular formula is C15H30N2O3Si. The summed E-state index contributed by atoms with van der Waals surface area (Å²) in [5.74, 6) is 0. The Morgan fingerprint density at radius 1 is 1.33 bits per heavy atom. The third-order valence-corrected chi connectivity index (χ3v) is 10.3. The first-order chi connectivity index (χ1) is 9.67. The van der Waals surface area contributed by atoms with E-state index in [1.807, 2.05) is 0 Å². The largest absolute Gasteiger partial charge is 0.415 e. The highest BCUT2D eigenvalue weighted by atomic mass is 28.4. The van der Waals surface area contributed by atoms with Crippen molar-refractivity contribution in [1.82, 2.24) is 10.2 Å². The maximum Gasteiger partial charge on any atom is 0.192 e. The van der Waals surface area contributed by atoms with E-state index in [9.17, 15) is 5.11 Å². The molecule has 3 fully saturated rings. The molecule has 3 aliphatic rings. The van der Waals surface area contributed by atoms with Gasteiger partial charge in [-0.15, -0.1) is 0 Å². The van der Waals surface area contributed by atoms with E-state index in [0.717, 1.165) is 13.0 Å². The van der Waals surface area contributed by atoms with Gasteiger partial charge in [-0.3, -0.25) is 4.90 Å². The quantitative estimate of drug-likeness (QED) is 0.594. The molecule has 3 aliphatic heterocycles. The van der Waals surface area contributed by atoms with Crippen LogP contribution in [0.2, 0.25) is 18.1 Å². The van der Waals surface area contributed by atoms with Gasteiger partial charge >= 0.3 is 0 Å². The van der Waals surface area contributed by atoms with Crippen molar-refractivity contribution in [2.75, 3.05) is 6.61 Å². The fourth-order valence-electron chi connectivity index (χ4n) is 3.17. The minimum absolute atomic E-state index is 0.0305. The zero-order chi connectivity index (χ0) is 15.6. The number of fused-ring (bicyclic) bond motifs is 1. The first-order valence-electron chi connectivity index (χ1n) is 8.18. The molecule has 0 bridgehead atoms. The molecule has 3 saturated heterocycles. The maximum absolute atomic E-state index is 9.92. The van der Waals surface area contributed by atoms with Gasteiger partial charge in [0.2, 0.25) is 0 Å². The summed E-state index contributed by atoms with van der Waals surface area (Å²) in [7, 11) is -1.68. The molecule has 0 spiro atoms. The highest BCUT2D eigenvalue weighted by molar-refractivity contribution is 6.74. The average Bonchev–Trinajstić information content (AvgIpc) is 3.25. The molecule has 6 heteroatoms. The van der Waals surface area contributed by atoms with Crippen LogP contribution in [0.15, 0.2) is 0 Å². The Morgan fingerprint density at radius 2 is 2.00 bits per heavy atom. The van der Waals surface area contributed by atoms with Gasteiger partial charge in [0.15, 0.2) is 14.6 Å². The van der Waals surface area contributed by atoms with Crippen LogP contribution in [0.1, 0.15) is 34.1 Å². The van der Waals surface area contributed by atoms with Crippen LogP contribution >= 0.6 is 0 Å². The Bertz CT molecular complexity index is 412. The number of hydrogen-bond donors (Lipinski definition) is 2. The van der Waals surface area contributed by atoms with Crippen molar-refractivity contribution in [3.05, 3.63) is 0 Å². The molecule has 21 heavy (non-hydrogen) atoms. The zero-order valence-electron chi connectivity index (χ0n) is 14.1. The highest BCUT2D eigenvalue weighted by Crippen LogP contribution is 2.46. The average molecular weight is 315 g/mol. The molecule has 122 valence electrons. The van der Waals surface area contributed by atoms with Gasteiger partial charge in [-0.05, 0) is 24.6 Å². The second-order valence-electron chi connectivity index (χ2n) is 8.20. The van der Waals surface area contributed by atoms with Gasteiger partial charge < -0.3 is 19.6 Å². The molecule has 3 unspecified atom stereocenters. The maximum atomic E-state index is 9.92. The third kappa shape index (κ3) is 2.70. The molecule has 5 nitrogen and oxygen atoms in total. The normalized spacial score (nSPS) is 45.6. The lowest BCUT2D eigenvalue weighted by Gasteiger charge is -2.36. The predicted octanol–water partition coefficient (Wildman–Crippen LogP) is 1.49. The summed E-state index contributed by atoms with van der Waals surface area (Å²) in [5.41, 5.74) is 0. The van der Waals surface area contributed by atoms with E-state index < -0.39 is 14.6 Å². The monoisotopic (exact) mass is 314 g/mol. The van der Waals surface area contributed by atoms with Crippen LogP contribution in [0.4, 0.5) is 0 Å². The van der Waals surface area contributed by atoms with Gasteiger partial charge in [0.05, 0.1) is 18.7 Å². The van der Waals surface area contributed by atoms with Crippen LogP contribution < -0.4 is 5.32 Å². The van der Waals surface area contributed by atoms with Crippen LogP contribution in [0.3, 0.4) is 0 Å². The number of aliphatic hydroxyl groups is 1. The van der Waals surface area contributed by atoms with Crippen molar-refractivity contribution in [3.8, 4) is 0 Å². The summed E-state index contributed by atoms with van der Waals surface area (Å²) in [6.07, 6.45) is 0.506. The first-order valence-corrected chi connectivity index (χ1v) is 11.1. The van der Waals surface area contributed by atoms with Crippen molar-refractivity contribution in [2.45, 2.75) is 88.9 Å². The van der Waals surface area contributed by atoms with Crippen molar-refractivity contribution in [3.63, 3.8) is 0 Å². The fourth-order valence-corrected chi connectivity index (χ4v) is 4.20. The van der Waals surface area contributed by atoms with Gasteiger partial charge in [0.1, 0.15) is 6.23 Å². The zero-order valence-corrected chi connectivity index (χ0v) is 15.1.